The molecule has 1 aromatic heterocycles. The molecule has 0 atom stereocenters. The molecule has 0 spiro atoms. The number of nitrogens with one attached hydrogen (secondary N) is 1. The fourth-order valence-electron chi connectivity index (χ4n) is 2.81. The van der Waals surface area contributed by atoms with Gasteiger partial charge >= 0.3 is 0 Å². The molecule has 1 fully saturated rings. The summed E-state index contributed by atoms with van der Waals surface area (Å²) < 4.78 is 18.1. The Morgan fingerprint density at radius 3 is 2.68 bits per heavy atom. The molecule has 1 aromatic carbocycles. The molecule has 0 aliphatic carbocycles. The van der Waals surface area contributed by atoms with Crippen LogP contribution in [-0.4, -0.2) is 42.1 Å². The van der Waals surface area contributed by atoms with Crippen molar-refractivity contribution in [1.82, 2.24) is 15.3 Å². The number of carbonyl (C=O) groups excluding carboxylic acids is 1. The van der Waals surface area contributed by atoms with Gasteiger partial charge in [-0.3, -0.25) is 9.78 Å². The molecule has 0 saturated carbocycles. The van der Waals surface area contributed by atoms with Crippen LogP contribution in [0.4, 0.5) is 10.2 Å². The van der Waals surface area contributed by atoms with Crippen molar-refractivity contribution >= 4 is 11.7 Å². The van der Waals surface area contributed by atoms with E-state index in [-0.39, 0.29) is 18.3 Å². The quantitative estimate of drug-likeness (QED) is 0.868. The Morgan fingerprint density at radius 1 is 1.24 bits per heavy atom. The van der Waals surface area contributed by atoms with Gasteiger partial charge in [0, 0.05) is 32.0 Å². The van der Waals surface area contributed by atoms with Crippen molar-refractivity contribution in [3.63, 3.8) is 0 Å². The molecular formula is C18H21FN4O2. The van der Waals surface area contributed by atoms with E-state index in [2.05, 4.69) is 20.2 Å². The summed E-state index contributed by atoms with van der Waals surface area (Å²) in [5.74, 6) is 1.33. The van der Waals surface area contributed by atoms with E-state index in [9.17, 15) is 9.18 Å². The molecule has 3 rings (SSSR count). The van der Waals surface area contributed by atoms with E-state index in [1.807, 2.05) is 0 Å². The lowest BCUT2D eigenvalue weighted by molar-refractivity contribution is -0.123. The summed E-state index contributed by atoms with van der Waals surface area (Å²) in [5.41, 5.74) is 0. The first-order chi connectivity index (χ1) is 12.2. The molecule has 7 heteroatoms. The van der Waals surface area contributed by atoms with Crippen LogP contribution in [0.25, 0.3) is 0 Å². The van der Waals surface area contributed by atoms with Gasteiger partial charge in [-0.2, -0.15) is 0 Å². The number of nitrogens with zero attached hydrogens (tertiary/aromatic N) is 3. The fraction of sp³-hybridized carbons (Fsp3) is 0.389. The van der Waals surface area contributed by atoms with Gasteiger partial charge in [0.1, 0.15) is 17.4 Å². The highest BCUT2D eigenvalue weighted by Gasteiger charge is 2.20. The summed E-state index contributed by atoms with van der Waals surface area (Å²) in [6.07, 6.45) is 7.13. The minimum Gasteiger partial charge on any atom is -0.484 e. The van der Waals surface area contributed by atoms with Gasteiger partial charge in [-0.25, -0.2) is 9.37 Å². The van der Waals surface area contributed by atoms with Crippen LogP contribution < -0.4 is 15.0 Å². The van der Waals surface area contributed by atoms with E-state index < -0.39 is 0 Å². The maximum Gasteiger partial charge on any atom is 0.257 e. The predicted octanol–water partition coefficient (Wildman–Crippen LogP) is 2.03. The summed E-state index contributed by atoms with van der Waals surface area (Å²) in [4.78, 5) is 22.5. The molecule has 1 amide bonds. The number of benzene rings is 1. The van der Waals surface area contributed by atoms with Crippen molar-refractivity contribution in [2.75, 3.05) is 31.1 Å². The Morgan fingerprint density at radius 2 is 2.00 bits per heavy atom. The van der Waals surface area contributed by atoms with Crippen LogP contribution in [0.3, 0.4) is 0 Å². The lowest BCUT2D eigenvalue weighted by atomic mass is 9.97. The molecule has 1 saturated heterocycles. The van der Waals surface area contributed by atoms with Gasteiger partial charge in [-0.1, -0.05) is 0 Å². The molecule has 0 radical (unpaired) electrons. The van der Waals surface area contributed by atoms with Gasteiger partial charge in [-0.05, 0) is 43.0 Å². The Hall–Kier alpha value is -2.70. The van der Waals surface area contributed by atoms with Gasteiger partial charge in [-0.15, -0.1) is 0 Å². The van der Waals surface area contributed by atoms with Crippen molar-refractivity contribution in [2.45, 2.75) is 12.8 Å². The number of hydrogen-bond donors (Lipinski definition) is 1. The van der Waals surface area contributed by atoms with Gasteiger partial charge in [0.25, 0.3) is 5.91 Å². The number of piperidine rings is 1. The van der Waals surface area contributed by atoms with Crippen molar-refractivity contribution < 1.29 is 13.9 Å². The van der Waals surface area contributed by atoms with Crippen molar-refractivity contribution in [1.29, 1.82) is 0 Å². The lowest BCUT2D eigenvalue weighted by Crippen LogP contribution is -2.40. The largest absolute Gasteiger partial charge is 0.484 e. The highest BCUT2D eigenvalue weighted by Crippen LogP contribution is 2.20. The average Bonchev–Trinajstić information content (AvgIpc) is 2.67. The SMILES string of the molecule is O=C(COc1ccc(F)cc1)NCC1CCN(c2cnccn2)CC1. The summed E-state index contributed by atoms with van der Waals surface area (Å²) in [6, 6.07) is 5.62. The summed E-state index contributed by atoms with van der Waals surface area (Å²) >= 11 is 0. The van der Waals surface area contributed by atoms with E-state index in [0.29, 0.717) is 18.2 Å². The fourth-order valence-corrected chi connectivity index (χ4v) is 2.81. The van der Waals surface area contributed by atoms with Crippen LogP contribution in [0, 0.1) is 11.7 Å². The van der Waals surface area contributed by atoms with Crippen LogP contribution in [0.2, 0.25) is 0 Å². The molecular weight excluding hydrogens is 323 g/mol. The predicted molar refractivity (Wildman–Crippen MR) is 91.9 cm³/mol. The summed E-state index contributed by atoms with van der Waals surface area (Å²) in [5, 5.41) is 2.90. The third-order valence-corrected chi connectivity index (χ3v) is 4.26. The third-order valence-electron chi connectivity index (χ3n) is 4.26. The first-order valence-corrected chi connectivity index (χ1v) is 8.37. The van der Waals surface area contributed by atoms with Crippen molar-refractivity contribution in [2.24, 2.45) is 5.92 Å². The topological polar surface area (TPSA) is 67.3 Å². The zero-order valence-electron chi connectivity index (χ0n) is 13.9. The molecule has 0 unspecified atom stereocenters. The van der Waals surface area contributed by atoms with E-state index in [0.717, 1.165) is 31.7 Å². The molecule has 1 N–H and O–H groups in total. The van der Waals surface area contributed by atoms with Crippen molar-refractivity contribution in [3.05, 3.63) is 48.7 Å². The number of amides is 1. The Balaban J connectivity index is 1.35. The Bertz CT molecular complexity index is 673. The zero-order chi connectivity index (χ0) is 17.5. The monoisotopic (exact) mass is 344 g/mol. The van der Waals surface area contributed by atoms with Gasteiger partial charge in [0.15, 0.2) is 6.61 Å². The highest BCUT2D eigenvalue weighted by molar-refractivity contribution is 5.77. The molecule has 2 aromatic rings. The van der Waals surface area contributed by atoms with Crippen LogP contribution in [-0.2, 0) is 4.79 Å². The van der Waals surface area contributed by atoms with E-state index >= 15 is 0 Å². The van der Waals surface area contributed by atoms with Gasteiger partial charge in [0.2, 0.25) is 0 Å². The first-order valence-electron chi connectivity index (χ1n) is 8.37. The van der Waals surface area contributed by atoms with Crippen LogP contribution in [0.1, 0.15) is 12.8 Å². The molecule has 25 heavy (non-hydrogen) atoms. The Kier molecular flexibility index (Phi) is 5.77. The number of hydrogen-bond acceptors (Lipinski definition) is 5. The molecule has 6 nitrogen and oxygen atoms in total. The second-order valence-electron chi connectivity index (χ2n) is 6.04. The van der Waals surface area contributed by atoms with E-state index in [1.54, 1.807) is 18.6 Å². The normalized spacial score (nSPS) is 15.0. The van der Waals surface area contributed by atoms with E-state index in [1.165, 1.54) is 24.3 Å². The number of halogens is 1. The number of carbonyl (C=O) groups is 1. The molecule has 1 aliphatic heterocycles. The number of rotatable bonds is 6. The second-order valence-corrected chi connectivity index (χ2v) is 6.04. The number of ether oxygens (including phenoxy) is 1. The number of anilines is 1. The van der Waals surface area contributed by atoms with Crippen LogP contribution in [0.15, 0.2) is 42.9 Å². The third kappa shape index (κ3) is 5.14. The Labute approximate surface area is 146 Å². The standard InChI is InChI=1S/C18H21FN4O2/c19-15-1-3-16(4-2-15)25-13-18(24)22-11-14-5-9-23(10-6-14)17-12-20-7-8-21-17/h1-4,7-8,12,14H,5-6,9-11,13H2,(H,22,24). The van der Waals surface area contributed by atoms with Crippen molar-refractivity contribution in [3.8, 4) is 5.75 Å². The molecule has 2 heterocycles. The lowest BCUT2D eigenvalue weighted by Gasteiger charge is -2.32. The maximum absolute atomic E-state index is 12.8. The van der Waals surface area contributed by atoms with Crippen LogP contribution in [0.5, 0.6) is 5.75 Å². The molecule has 132 valence electrons. The average molecular weight is 344 g/mol. The molecule has 0 bridgehead atoms. The molecule has 1 aliphatic rings. The minimum atomic E-state index is -0.329. The van der Waals surface area contributed by atoms with Crippen LogP contribution >= 0.6 is 0 Å². The van der Waals surface area contributed by atoms with E-state index in [4.69, 9.17) is 4.74 Å². The first kappa shape index (κ1) is 17.1. The number of aromatic nitrogens is 2. The second kappa shape index (κ2) is 8.41. The highest BCUT2D eigenvalue weighted by atomic mass is 19.1. The maximum atomic E-state index is 12.8. The smallest absolute Gasteiger partial charge is 0.257 e. The van der Waals surface area contributed by atoms with Gasteiger partial charge < -0.3 is 15.0 Å². The summed E-state index contributed by atoms with van der Waals surface area (Å²) in [7, 11) is 0. The van der Waals surface area contributed by atoms with Gasteiger partial charge in [0.05, 0.1) is 6.20 Å². The summed E-state index contributed by atoms with van der Waals surface area (Å²) in [6.45, 7) is 2.39. The minimum absolute atomic E-state index is 0.0654. The zero-order valence-corrected chi connectivity index (χ0v) is 13.9.